The van der Waals surface area contributed by atoms with Crippen molar-refractivity contribution in [2.75, 3.05) is 38.3 Å². The zero-order valence-corrected chi connectivity index (χ0v) is 15.5. The van der Waals surface area contributed by atoms with E-state index in [0.717, 1.165) is 5.56 Å². The second kappa shape index (κ2) is 8.18. The summed E-state index contributed by atoms with van der Waals surface area (Å²) in [5.41, 5.74) is 1.97. The number of non-ortho nitro benzene ring substituents is 1. The van der Waals surface area contributed by atoms with Crippen molar-refractivity contribution >= 4 is 17.3 Å². The number of nitro groups is 1. The first-order valence-electron chi connectivity index (χ1n) is 8.92. The van der Waals surface area contributed by atoms with Crippen molar-refractivity contribution in [1.29, 1.82) is 0 Å². The number of carbonyl (C=O) groups excluding carboxylic acids is 1. The molecule has 0 aromatic heterocycles. The van der Waals surface area contributed by atoms with Gasteiger partial charge in [-0.3, -0.25) is 14.9 Å². The van der Waals surface area contributed by atoms with Gasteiger partial charge in [0, 0.05) is 32.3 Å². The van der Waals surface area contributed by atoms with E-state index in [9.17, 15) is 14.9 Å². The van der Waals surface area contributed by atoms with Crippen LogP contribution in [0.25, 0.3) is 0 Å². The number of benzene rings is 2. The van der Waals surface area contributed by atoms with Gasteiger partial charge in [0.25, 0.3) is 11.6 Å². The van der Waals surface area contributed by atoms with E-state index in [1.807, 2.05) is 42.2 Å². The number of amides is 1. The molecule has 2 aromatic carbocycles. The van der Waals surface area contributed by atoms with Crippen LogP contribution in [-0.2, 0) is 4.74 Å². The van der Waals surface area contributed by atoms with Crippen LogP contribution >= 0.6 is 0 Å². The van der Waals surface area contributed by atoms with Crippen LogP contribution in [0.5, 0.6) is 0 Å². The van der Waals surface area contributed by atoms with Crippen molar-refractivity contribution in [3.8, 4) is 0 Å². The molecule has 7 heteroatoms. The number of carbonyl (C=O) groups is 1. The molecule has 0 radical (unpaired) electrons. The molecule has 3 rings (SSSR count). The molecule has 1 saturated heterocycles. The molecule has 1 aliphatic heterocycles. The zero-order valence-electron chi connectivity index (χ0n) is 15.5. The number of nitro benzene ring substituents is 1. The van der Waals surface area contributed by atoms with Gasteiger partial charge in [-0.05, 0) is 18.6 Å². The predicted molar refractivity (Wildman–Crippen MR) is 103 cm³/mol. The van der Waals surface area contributed by atoms with Gasteiger partial charge in [0.2, 0.25) is 0 Å². The van der Waals surface area contributed by atoms with Gasteiger partial charge in [-0.25, -0.2) is 0 Å². The summed E-state index contributed by atoms with van der Waals surface area (Å²) in [6.45, 7) is 4.38. The smallest absolute Gasteiger partial charge is 0.270 e. The lowest BCUT2D eigenvalue weighted by Gasteiger charge is -2.32. The third kappa shape index (κ3) is 4.09. The molecule has 0 N–H and O–H groups in total. The maximum atomic E-state index is 13.2. The van der Waals surface area contributed by atoms with Gasteiger partial charge in [-0.15, -0.1) is 0 Å². The molecule has 27 heavy (non-hydrogen) atoms. The van der Waals surface area contributed by atoms with E-state index in [4.69, 9.17) is 4.74 Å². The van der Waals surface area contributed by atoms with Crippen LogP contribution in [0.15, 0.2) is 48.5 Å². The normalized spacial score (nSPS) is 15.3. The summed E-state index contributed by atoms with van der Waals surface area (Å²) >= 11 is 0. The van der Waals surface area contributed by atoms with Crippen LogP contribution in [0, 0.1) is 10.1 Å². The molecule has 1 heterocycles. The molecular weight excluding hydrogens is 346 g/mol. The quantitative estimate of drug-likeness (QED) is 0.597. The van der Waals surface area contributed by atoms with Crippen LogP contribution in [0.4, 0.5) is 11.4 Å². The van der Waals surface area contributed by atoms with Crippen LogP contribution in [0.3, 0.4) is 0 Å². The number of rotatable bonds is 5. The fraction of sp³-hybridized carbons (Fsp3) is 0.350. The van der Waals surface area contributed by atoms with Gasteiger partial charge in [-0.2, -0.15) is 0 Å². The van der Waals surface area contributed by atoms with Gasteiger partial charge in [-0.1, -0.05) is 30.3 Å². The monoisotopic (exact) mass is 369 g/mol. The molecule has 1 fully saturated rings. The fourth-order valence-corrected chi connectivity index (χ4v) is 3.21. The Morgan fingerprint density at radius 1 is 1.19 bits per heavy atom. The average Bonchev–Trinajstić information content (AvgIpc) is 2.73. The second-order valence-electron chi connectivity index (χ2n) is 6.56. The van der Waals surface area contributed by atoms with Crippen LogP contribution in [0.2, 0.25) is 0 Å². The van der Waals surface area contributed by atoms with E-state index in [0.29, 0.717) is 37.6 Å². The van der Waals surface area contributed by atoms with Gasteiger partial charge in [0.05, 0.1) is 35.4 Å². The first kappa shape index (κ1) is 18.8. The highest BCUT2D eigenvalue weighted by molar-refractivity contribution is 6.00. The first-order chi connectivity index (χ1) is 13.0. The number of anilines is 1. The summed E-state index contributed by atoms with van der Waals surface area (Å²) in [4.78, 5) is 27.7. The SMILES string of the molecule is CC(c1ccccc1)N(C)C(=O)c1cc([N+](=O)[O-])ccc1N1CCOCC1. The molecule has 1 atom stereocenters. The highest BCUT2D eigenvalue weighted by Gasteiger charge is 2.26. The van der Waals surface area contributed by atoms with Gasteiger partial charge in [0.1, 0.15) is 0 Å². The Balaban J connectivity index is 1.95. The summed E-state index contributed by atoms with van der Waals surface area (Å²) in [5, 5.41) is 11.2. The Labute approximate surface area is 158 Å². The Morgan fingerprint density at radius 3 is 2.48 bits per heavy atom. The summed E-state index contributed by atoms with van der Waals surface area (Å²) < 4.78 is 5.38. The highest BCUT2D eigenvalue weighted by atomic mass is 16.6. The van der Waals surface area contributed by atoms with Gasteiger partial charge < -0.3 is 14.5 Å². The zero-order chi connectivity index (χ0) is 19.4. The minimum Gasteiger partial charge on any atom is -0.378 e. The van der Waals surface area contributed by atoms with E-state index in [1.165, 1.54) is 12.1 Å². The minimum atomic E-state index is -0.472. The van der Waals surface area contributed by atoms with Crippen LogP contribution in [-0.4, -0.2) is 49.1 Å². The Hall–Kier alpha value is -2.93. The Bertz CT molecular complexity index is 819. The number of hydrogen-bond donors (Lipinski definition) is 0. The average molecular weight is 369 g/mol. The predicted octanol–water partition coefficient (Wildman–Crippen LogP) is 3.26. The van der Waals surface area contributed by atoms with Crippen molar-refractivity contribution in [3.63, 3.8) is 0 Å². The lowest BCUT2D eigenvalue weighted by atomic mass is 10.0. The molecular formula is C20H23N3O4. The van der Waals surface area contributed by atoms with E-state index in [2.05, 4.69) is 0 Å². The van der Waals surface area contributed by atoms with Crippen molar-refractivity contribution < 1.29 is 14.5 Å². The van der Waals surface area contributed by atoms with E-state index in [1.54, 1.807) is 18.0 Å². The summed E-state index contributed by atoms with van der Waals surface area (Å²) in [5.74, 6) is -0.239. The summed E-state index contributed by atoms with van der Waals surface area (Å²) in [6, 6.07) is 14.0. The van der Waals surface area contributed by atoms with Crippen molar-refractivity contribution in [2.24, 2.45) is 0 Å². The van der Waals surface area contributed by atoms with Gasteiger partial charge in [0.15, 0.2) is 0 Å². The molecule has 0 spiro atoms. The lowest BCUT2D eigenvalue weighted by molar-refractivity contribution is -0.384. The second-order valence-corrected chi connectivity index (χ2v) is 6.56. The van der Waals surface area contributed by atoms with Crippen LogP contribution < -0.4 is 4.90 Å². The third-order valence-corrected chi connectivity index (χ3v) is 4.96. The van der Waals surface area contributed by atoms with Crippen LogP contribution in [0.1, 0.15) is 28.9 Å². The molecule has 1 amide bonds. The molecule has 2 aromatic rings. The molecule has 0 saturated carbocycles. The maximum absolute atomic E-state index is 13.2. The Morgan fingerprint density at radius 2 is 1.85 bits per heavy atom. The lowest BCUT2D eigenvalue weighted by Crippen LogP contribution is -2.38. The van der Waals surface area contributed by atoms with Crippen molar-refractivity contribution in [2.45, 2.75) is 13.0 Å². The number of hydrogen-bond acceptors (Lipinski definition) is 5. The molecule has 1 unspecified atom stereocenters. The largest absolute Gasteiger partial charge is 0.378 e. The van der Waals surface area contributed by atoms with E-state index >= 15 is 0 Å². The molecule has 0 aliphatic carbocycles. The standard InChI is InChI=1S/C20H23N3O4/c1-15(16-6-4-3-5-7-16)21(2)20(24)18-14-17(23(25)26)8-9-19(18)22-10-12-27-13-11-22/h3-9,14-15H,10-13H2,1-2H3. The molecule has 7 nitrogen and oxygen atoms in total. The first-order valence-corrected chi connectivity index (χ1v) is 8.92. The van der Waals surface area contributed by atoms with E-state index in [-0.39, 0.29) is 17.6 Å². The molecule has 1 aliphatic rings. The van der Waals surface area contributed by atoms with Crippen molar-refractivity contribution in [3.05, 3.63) is 69.8 Å². The summed E-state index contributed by atoms with van der Waals surface area (Å²) in [6.07, 6.45) is 0. The fourth-order valence-electron chi connectivity index (χ4n) is 3.21. The number of morpholine rings is 1. The molecule has 142 valence electrons. The highest BCUT2D eigenvalue weighted by Crippen LogP contribution is 2.29. The maximum Gasteiger partial charge on any atom is 0.270 e. The Kier molecular flexibility index (Phi) is 5.71. The summed E-state index contributed by atoms with van der Waals surface area (Å²) in [7, 11) is 1.72. The third-order valence-electron chi connectivity index (χ3n) is 4.96. The minimum absolute atomic E-state index is 0.0869. The van der Waals surface area contributed by atoms with Crippen molar-refractivity contribution in [1.82, 2.24) is 4.90 Å². The van der Waals surface area contributed by atoms with E-state index < -0.39 is 4.92 Å². The number of ether oxygens (including phenoxy) is 1. The number of nitrogens with zero attached hydrogens (tertiary/aromatic N) is 3. The van der Waals surface area contributed by atoms with Gasteiger partial charge >= 0.3 is 0 Å². The molecule has 0 bridgehead atoms. The topological polar surface area (TPSA) is 75.9 Å².